The summed E-state index contributed by atoms with van der Waals surface area (Å²) in [5.74, 6) is 0. The van der Waals surface area contributed by atoms with Gasteiger partial charge in [0, 0.05) is 10.8 Å². The molecule has 0 bridgehead atoms. The van der Waals surface area contributed by atoms with Crippen LogP contribution in [0.5, 0.6) is 0 Å². The Morgan fingerprint density at radius 3 is 2.75 bits per heavy atom. The Balaban J connectivity index is 2.95. The van der Waals surface area contributed by atoms with E-state index < -0.39 is 0 Å². The molecule has 0 saturated heterocycles. The van der Waals surface area contributed by atoms with Crippen molar-refractivity contribution in [1.82, 2.24) is 4.98 Å². The Morgan fingerprint density at radius 1 is 1.67 bits per heavy atom. The van der Waals surface area contributed by atoms with Gasteiger partial charge >= 0.3 is 0 Å². The van der Waals surface area contributed by atoms with E-state index in [2.05, 4.69) is 37.7 Å². The highest BCUT2D eigenvalue weighted by atomic mass is 32.1. The summed E-state index contributed by atoms with van der Waals surface area (Å²) in [5, 5.41) is 3.15. The van der Waals surface area contributed by atoms with Gasteiger partial charge in [-0.05, 0) is 12.5 Å². The van der Waals surface area contributed by atoms with Crippen molar-refractivity contribution in [2.75, 3.05) is 0 Å². The molecule has 1 aromatic heterocycles. The Kier molecular flexibility index (Phi) is 2.68. The molecule has 12 heavy (non-hydrogen) atoms. The molecule has 0 atom stereocenters. The summed E-state index contributed by atoms with van der Waals surface area (Å²) in [5.41, 5.74) is 1.39. The van der Waals surface area contributed by atoms with E-state index in [4.69, 9.17) is 0 Å². The van der Waals surface area contributed by atoms with Crippen LogP contribution >= 0.6 is 11.3 Å². The van der Waals surface area contributed by atoms with Crippen LogP contribution in [0.1, 0.15) is 37.9 Å². The predicted octanol–water partition coefficient (Wildman–Crippen LogP) is 3.47. The average molecular weight is 181 g/mol. The number of thiazole rings is 1. The molecule has 1 heterocycles. The quantitative estimate of drug-likeness (QED) is 0.695. The Morgan fingerprint density at radius 2 is 2.33 bits per heavy atom. The van der Waals surface area contributed by atoms with E-state index in [0.29, 0.717) is 0 Å². The van der Waals surface area contributed by atoms with Gasteiger partial charge in [0.2, 0.25) is 0 Å². The van der Waals surface area contributed by atoms with Crippen molar-refractivity contribution in [2.24, 2.45) is 0 Å². The van der Waals surface area contributed by atoms with Gasteiger partial charge in [-0.3, -0.25) is 0 Å². The van der Waals surface area contributed by atoms with Crippen molar-refractivity contribution in [3.8, 4) is 0 Å². The van der Waals surface area contributed by atoms with Crippen molar-refractivity contribution < 1.29 is 0 Å². The molecule has 66 valence electrons. The maximum atomic E-state index is 4.47. The molecule has 1 aromatic rings. The first-order valence-electron chi connectivity index (χ1n) is 4.18. The molecular weight excluding hydrogens is 166 g/mol. The van der Waals surface area contributed by atoms with Gasteiger partial charge in [0.25, 0.3) is 0 Å². The van der Waals surface area contributed by atoms with Crippen molar-refractivity contribution in [1.29, 1.82) is 0 Å². The van der Waals surface area contributed by atoms with Crippen LogP contribution in [0.25, 0.3) is 6.08 Å². The van der Waals surface area contributed by atoms with Gasteiger partial charge < -0.3 is 0 Å². The molecule has 0 unspecified atom stereocenters. The number of hydrogen-bond donors (Lipinski definition) is 0. The van der Waals surface area contributed by atoms with E-state index in [1.807, 2.05) is 0 Å². The molecule has 2 heteroatoms. The van der Waals surface area contributed by atoms with E-state index in [-0.39, 0.29) is 5.41 Å². The fourth-order valence-electron chi connectivity index (χ4n) is 0.873. The fraction of sp³-hybridized carbons (Fsp3) is 0.500. The number of rotatable bonds is 3. The third kappa shape index (κ3) is 1.75. The molecule has 0 aromatic carbocycles. The van der Waals surface area contributed by atoms with Crippen molar-refractivity contribution in [3.63, 3.8) is 0 Å². The Labute approximate surface area is 78.2 Å². The van der Waals surface area contributed by atoms with E-state index in [9.17, 15) is 0 Å². The lowest BCUT2D eigenvalue weighted by Gasteiger charge is -2.19. The third-order valence-electron chi connectivity index (χ3n) is 2.27. The van der Waals surface area contributed by atoms with Crippen LogP contribution in [0, 0.1) is 0 Å². The maximum absolute atomic E-state index is 4.47. The minimum absolute atomic E-state index is 0.206. The lowest BCUT2D eigenvalue weighted by atomic mass is 9.87. The second kappa shape index (κ2) is 3.40. The van der Waals surface area contributed by atoms with Gasteiger partial charge in [-0.25, -0.2) is 4.98 Å². The van der Waals surface area contributed by atoms with Gasteiger partial charge in [-0.1, -0.05) is 27.4 Å². The van der Waals surface area contributed by atoms with Gasteiger partial charge in [-0.2, -0.15) is 0 Å². The first kappa shape index (κ1) is 9.46. The average Bonchev–Trinajstić information content (AvgIpc) is 2.52. The molecule has 0 radical (unpaired) electrons. The van der Waals surface area contributed by atoms with Crippen LogP contribution in [0.3, 0.4) is 0 Å². The van der Waals surface area contributed by atoms with Crippen molar-refractivity contribution >= 4 is 17.4 Å². The van der Waals surface area contributed by atoms with Crippen LogP contribution < -0.4 is 0 Å². The third-order valence-corrected chi connectivity index (χ3v) is 3.11. The van der Waals surface area contributed by atoms with Crippen LogP contribution in [0.2, 0.25) is 0 Å². The molecule has 0 aliphatic rings. The minimum Gasteiger partial charge on any atom is -0.241 e. The number of hydrogen-bond acceptors (Lipinski definition) is 2. The molecular formula is C10H15NS. The topological polar surface area (TPSA) is 12.9 Å². The predicted molar refractivity (Wildman–Crippen MR) is 55.5 cm³/mol. The zero-order valence-corrected chi connectivity index (χ0v) is 8.74. The van der Waals surface area contributed by atoms with Gasteiger partial charge in [0.1, 0.15) is 5.01 Å². The highest BCUT2D eigenvalue weighted by Gasteiger charge is 2.20. The standard InChI is InChI=1S/C10H15NS/c1-5-9-11-8(7-12-9)10(3,4)6-2/h5,7H,1,6H2,2-4H3. The second-order valence-electron chi connectivity index (χ2n) is 3.51. The maximum Gasteiger partial charge on any atom is 0.115 e. The number of aromatic nitrogens is 1. The Hall–Kier alpha value is -0.630. The molecule has 0 fully saturated rings. The van der Waals surface area contributed by atoms with Crippen LogP contribution in [-0.4, -0.2) is 4.98 Å². The molecule has 0 saturated carbocycles. The first-order chi connectivity index (χ1) is 5.60. The molecule has 0 aliphatic carbocycles. The van der Waals surface area contributed by atoms with Crippen molar-refractivity contribution in [2.45, 2.75) is 32.6 Å². The molecule has 0 spiro atoms. The van der Waals surface area contributed by atoms with Crippen LogP contribution in [0.4, 0.5) is 0 Å². The van der Waals surface area contributed by atoms with Gasteiger partial charge in [-0.15, -0.1) is 11.3 Å². The summed E-state index contributed by atoms with van der Waals surface area (Å²) < 4.78 is 0. The van der Waals surface area contributed by atoms with Crippen LogP contribution in [-0.2, 0) is 5.41 Å². The van der Waals surface area contributed by atoms with E-state index in [1.165, 1.54) is 5.69 Å². The highest BCUT2D eigenvalue weighted by Crippen LogP contribution is 2.27. The normalized spacial score (nSPS) is 11.6. The summed E-state index contributed by atoms with van der Waals surface area (Å²) in [7, 11) is 0. The Bertz CT molecular complexity index is 273. The van der Waals surface area contributed by atoms with Crippen LogP contribution in [0.15, 0.2) is 12.0 Å². The number of nitrogens with zero attached hydrogens (tertiary/aromatic N) is 1. The van der Waals surface area contributed by atoms with E-state index in [1.54, 1.807) is 17.4 Å². The summed E-state index contributed by atoms with van der Waals surface area (Å²) >= 11 is 1.66. The molecule has 1 nitrogen and oxygen atoms in total. The summed E-state index contributed by atoms with van der Waals surface area (Å²) in [6.45, 7) is 10.3. The first-order valence-corrected chi connectivity index (χ1v) is 5.06. The van der Waals surface area contributed by atoms with Crippen molar-refractivity contribution in [3.05, 3.63) is 22.7 Å². The summed E-state index contributed by atoms with van der Waals surface area (Å²) in [6.07, 6.45) is 2.92. The smallest absolute Gasteiger partial charge is 0.115 e. The van der Waals surface area contributed by atoms with E-state index in [0.717, 1.165) is 11.4 Å². The molecule has 1 rings (SSSR count). The summed E-state index contributed by atoms with van der Waals surface area (Å²) in [6, 6.07) is 0. The summed E-state index contributed by atoms with van der Waals surface area (Å²) in [4.78, 5) is 4.47. The fourth-order valence-corrected chi connectivity index (χ4v) is 1.72. The zero-order chi connectivity index (χ0) is 9.19. The highest BCUT2D eigenvalue weighted by molar-refractivity contribution is 7.10. The van der Waals surface area contributed by atoms with E-state index >= 15 is 0 Å². The monoisotopic (exact) mass is 181 g/mol. The van der Waals surface area contributed by atoms with Gasteiger partial charge in [0.15, 0.2) is 0 Å². The lowest BCUT2D eigenvalue weighted by molar-refractivity contribution is 0.493. The SMILES string of the molecule is C=Cc1nc(C(C)(C)CC)cs1. The molecule has 0 amide bonds. The molecule has 0 N–H and O–H groups in total. The second-order valence-corrected chi connectivity index (χ2v) is 4.40. The zero-order valence-electron chi connectivity index (χ0n) is 7.92. The lowest BCUT2D eigenvalue weighted by Crippen LogP contribution is -2.15. The molecule has 0 aliphatic heterocycles. The largest absolute Gasteiger partial charge is 0.241 e. The van der Waals surface area contributed by atoms with Gasteiger partial charge in [0.05, 0.1) is 5.69 Å². The minimum atomic E-state index is 0.206.